The minimum absolute atomic E-state index is 0.0615. The van der Waals surface area contributed by atoms with Crippen LogP contribution in [-0.2, 0) is 27.2 Å². The summed E-state index contributed by atoms with van der Waals surface area (Å²) in [6.07, 6.45) is 8.67. The number of carbonyl (C=O) groups excluding carboxylic acids is 2. The fourth-order valence-electron chi connectivity index (χ4n) is 4.78. The maximum Gasteiger partial charge on any atom is 0.276 e. The van der Waals surface area contributed by atoms with Gasteiger partial charge in [0.1, 0.15) is 5.75 Å². The van der Waals surface area contributed by atoms with Gasteiger partial charge in [-0.1, -0.05) is 54.6 Å². The van der Waals surface area contributed by atoms with E-state index in [9.17, 15) is 9.59 Å². The Bertz CT molecular complexity index is 1300. The second-order valence-electron chi connectivity index (χ2n) is 9.24. The van der Waals surface area contributed by atoms with Crippen LogP contribution in [0.2, 0.25) is 0 Å². The number of fused-ring (bicyclic) bond motifs is 2. The maximum atomic E-state index is 13.2. The van der Waals surface area contributed by atoms with Crippen LogP contribution in [0.4, 0.5) is 5.69 Å². The molecular formula is C28H25N3O4. The van der Waals surface area contributed by atoms with Crippen LogP contribution in [0.5, 0.6) is 5.75 Å². The number of anilines is 1. The second kappa shape index (κ2) is 9.07. The average molecular weight is 468 g/mol. The number of azo groups is 1. The lowest BCUT2D eigenvalue weighted by molar-refractivity contribution is -0.120. The molecule has 1 fully saturated rings. The number of hydrogen-bond donors (Lipinski definition) is 0. The Balaban J connectivity index is 1.15. The number of allylic oxidation sites excluding steroid dienone is 3. The van der Waals surface area contributed by atoms with Gasteiger partial charge in [0.2, 0.25) is 5.91 Å². The van der Waals surface area contributed by atoms with Gasteiger partial charge in [0.05, 0.1) is 43.5 Å². The molecule has 3 aliphatic heterocycles. The molecule has 1 unspecified atom stereocenters. The molecular weight excluding hydrogens is 442 g/mol. The van der Waals surface area contributed by atoms with Crippen molar-refractivity contribution in [1.29, 1.82) is 0 Å². The van der Waals surface area contributed by atoms with E-state index in [1.165, 1.54) is 5.56 Å². The number of amides is 2. The van der Waals surface area contributed by atoms with Crippen molar-refractivity contribution in [2.24, 2.45) is 22.1 Å². The largest absolute Gasteiger partial charge is 0.493 e. The zero-order valence-corrected chi connectivity index (χ0v) is 19.2. The Hall–Kier alpha value is -3.84. The first-order chi connectivity index (χ1) is 17.2. The van der Waals surface area contributed by atoms with Crippen molar-refractivity contribution < 1.29 is 19.1 Å². The van der Waals surface area contributed by atoms with Crippen molar-refractivity contribution in [3.63, 3.8) is 0 Å². The van der Waals surface area contributed by atoms with Gasteiger partial charge in [0, 0.05) is 24.1 Å². The Morgan fingerprint density at radius 1 is 1.09 bits per heavy atom. The summed E-state index contributed by atoms with van der Waals surface area (Å²) in [5.41, 5.74) is 5.46. The van der Waals surface area contributed by atoms with Gasteiger partial charge in [0.25, 0.3) is 5.91 Å². The molecule has 0 radical (unpaired) electrons. The van der Waals surface area contributed by atoms with E-state index in [4.69, 9.17) is 9.47 Å². The Morgan fingerprint density at radius 3 is 2.74 bits per heavy atom. The van der Waals surface area contributed by atoms with Crippen molar-refractivity contribution in [3.05, 3.63) is 89.0 Å². The molecule has 0 N–H and O–H groups in total. The van der Waals surface area contributed by atoms with Gasteiger partial charge in [0.15, 0.2) is 0 Å². The molecule has 1 aliphatic carbocycles. The molecule has 1 saturated heterocycles. The molecule has 7 nitrogen and oxygen atoms in total. The van der Waals surface area contributed by atoms with E-state index < -0.39 is 0 Å². The summed E-state index contributed by atoms with van der Waals surface area (Å²) in [6, 6.07) is 13.8. The third kappa shape index (κ3) is 4.23. The number of carbonyl (C=O) groups is 2. The minimum Gasteiger partial charge on any atom is -0.493 e. The van der Waals surface area contributed by atoms with E-state index >= 15 is 0 Å². The molecule has 2 amide bonds. The topological polar surface area (TPSA) is 80.6 Å². The molecule has 176 valence electrons. The van der Waals surface area contributed by atoms with Gasteiger partial charge in [-0.3, -0.25) is 9.59 Å². The average Bonchev–Trinajstić information content (AvgIpc) is 3.28. The summed E-state index contributed by atoms with van der Waals surface area (Å²) >= 11 is 0. The molecule has 1 atom stereocenters. The lowest BCUT2D eigenvalue weighted by Crippen LogP contribution is -2.32. The molecule has 2 aromatic carbocycles. The quantitative estimate of drug-likeness (QED) is 0.635. The summed E-state index contributed by atoms with van der Waals surface area (Å²) in [6.45, 7) is 2.82. The molecule has 2 aromatic rings. The predicted octanol–water partition coefficient (Wildman–Crippen LogP) is 4.29. The highest BCUT2D eigenvalue weighted by atomic mass is 16.5. The van der Waals surface area contributed by atoms with Gasteiger partial charge in [-0.25, -0.2) is 0 Å². The second-order valence-corrected chi connectivity index (χ2v) is 9.24. The number of rotatable bonds is 6. The summed E-state index contributed by atoms with van der Waals surface area (Å²) in [4.78, 5) is 27.1. The van der Waals surface area contributed by atoms with Gasteiger partial charge in [-0.05, 0) is 29.2 Å². The van der Waals surface area contributed by atoms with Crippen LogP contribution in [-0.4, -0.2) is 38.2 Å². The highest BCUT2D eigenvalue weighted by Gasteiger charge is 2.28. The van der Waals surface area contributed by atoms with Crippen LogP contribution in [0.15, 0.2) is 82.6 Å². The molecule has 0 spiro atoms. The Kier molecular flexibility index (Phi) is 5.62. The molecule has 0 bridgehead atoms. The lowest BCUT2D eigenvalue weighted by Gasteiger charge is -2.26. The van der Waals surface area contributed by atoms with E-state index in [0.29, 0.717) is 31.2 Å². The van der Waals surface area contributed by atoms with Crippen molar-refractivity contribution >= 4 is 23.2 Å². The van der Waals surface area contributed by atoms with E-state index in [2.05, 4.69) is 16.3 Å². The first-order valence-corrected chi connectivity index (χ1v) is 11.9. The van der Waals surface area contributed by atoms with Crippen molar-refractivity contribution in [2.45, 2.75) is 12.8 Å². The molecule has 3 heterocycles. The Morgan fingerprint density at radius 2 is 1.94 bits per heavy atom. The van der Waals surface area contributed by atoms with Crippen LogP contribution in [0.25, 0.3) is 5.70 Å². The molecule has 4 aliphatic rings. The third-order valence-corrected chi connectivity index (χ3v) is 6.84. The van der Waals surface area contributed by atoms with Gasteiger partial charge in [-0.2, -0.15) is 0 Å². The van der Waals surface area contributed by atoms with Crippen LogP contribution < -0.4 is 9.64 Å². The number of nitrogens with zero attached hydrogens (tertiary/aromatic N) is 3. The summed E-state index contributed by atoms with van der Waals surface area (Å²) < 4.78 is 11.1. The monoisotopic (exact) mass is 467 g/mol. The van der Waals surface area contributed by atoms with E-state index in [0.717, 1.165) is 47.8 Å². The van der Waals surface area contributed by atoms with Gasteiger partial charge < -0.3 is 14.4 Å². The van der Waals surface area contributed by atoms with E-state index in [1.54, 1.807) is 0 Å². The summed E-state index contributed by atoms with van der Waals surface area (Å²) in [5, 5.41) is 7.98. The van der Waals surface area contributed by atoms with Gasteiger partial charge in [-0.15, -0.1) is 10.2 Å². The zero-order chi connectivity index (χ0) is 23.8. The van der Waals surface area contributed by atoms with Crippen LogP contribution in [0.3, 0.4) is 0 Å². The number of hydrogen-bond acceptors (Lipinski definition) is 5. The zero-order valence-electron chi connectivity index (χ0n) is 19.2. The van der Waals surface area contributed by atoms with Gasteiger partial charge >= 0.3 is 0 Å². The van der Waals surface area contributed by atoms with Crippen LogP contribution in [0.1, 0.15) is 16.7 Å². The van der Waals surface area contributed by atoms with Crippen molar-refractivity contribution in [3.8, 4) is 5.75 Å². The summed E-state index contributed by atoms with van der Waals surface area (Å²) in [7, 11) is 0. The van der Waals surface area contributed by atoms with Crippen molar-refractivity contribution in [2.75, 3.05) is 31.3 Å². The molecule has 6 rings (SSSR count). The van der Waals surface area contributed by atoms with Crippen molar-refractivity contribution in [1.82, 2.24) is 0 Å². The molecule has 0 saturated carbocycles. The fraction of sp³-hybridized carbons (Fsp3) is 0.286. The first kappa shape index (κ1) is 21.7. The normalized spacial score (nSPS) is 20.6. The number of benzene rings is 2. The predicted molar refractivity (Wildman–Crippen MR) is 131 cm³/mol. The Labute approximate surface area is 203 Å². The molecule has 0 aromatic heterocycles. The SMILES string of the molecule is O=C1N=NC(c2ccc(CC(=O)N3CCc4ccc(OCC5COC5)cc43)cc2)=C2C=CC=CC12. The van der Waals surface area contributed by atoms with E-state index in [-0.39, 0.29) is 17.7 Å². The van der Waals surface area contributed by atoms with Crippen LogP contribution in [0, 0.1) is 11.8 Å². The fourth-order valence-corrected chi connectivity index (χ4v) is 4.78. The highest BCUT2D eigenvalue weighted by molar-refractivity contribution is 5.97. The maximum absolute atomic E-state index is 13.2. The summed E-state index contributed by atoms with van der Waals surface area (Å²) in [5.74, 6) is 0.682. The highest BCUT2D eigenvalue weighted by Crippen LogP contribution is 2.35. The standard InChI is InChI=1S/C28H25N3O4/c32-26(31-12-11-20-9-10-22(14-25(20)31)35-17-19-15-34-16-19)13-18-5-7-21(8-6-18)27-23-3-1-2-4-24(23)28(33)30-29-27/h1-10,14,19,24H,11-13,15-17H2. The lowest BCUT2D eigenvalue weighted by atomic mass is 9.89. The first-order valence-electron chi connectivity index (χ1n) is 11.9. The minimum atomic E-state index is -0.375. The molecule has 35 heavy (non-hydrogen) atoms. The van der Waals surface area contributed by atoms with E-state index in [1.807, 2.05) is 65.6 Å². The smallest absolute Gasteiger partial charge is 0.276 e. The third-order valence-electron chi connectivity index (χ3n) is 6.84. The van der Waals surface area contributed by atoms with Crippen LogP contribution >= 0.6 is 0 Å². The number of ether oxygens (including phenoxy) is 2. The molecule has 7 heteroatoms.